The maximum atomic E-state index is 11.9. The number of alkyl halides is 3. The molecular formula is C6H8F3N3O2. The molecule has 0 saturated carbocycles. The van der Waals surface area contributed by atoms with Crippen LogP contribution in [0.25, 0.3) is 0 Å². The van der Waals surface area contributed by atoms with E-state index >= 15 is 0 Å². The van der Waals surface area contributed by atoms with E-state index in [4.69, 9.17) is 0 Å². The van der Waals surface area contributed by atoms with Crippen LogP contribution in [0.1, 0.15) is 5.89 Å². The number of aromatic nitrogens is 2. The SMILES string of the molecule is COCCNc1nnc(C(F)(F)F)o1. The maximum absolute atomic E-state index is 11.9. The topological polar surface area (TPSA) is 60.2 Å². The predicted molar refractivity (Wildman–Crippen MR) is 39.7 cm³/mol. The van der Waals surface area contributed by atoms with Crippen LogP contribution in [0.3, 0.4) is 0 Å². The lowest BCUT2D eigenvalue weighted by Crippen LogP contribution is -2.07. The summed E-state index contributed by atoms with van der Waals surface area (Å²) in [6.07, 6.45) is -4.60. The Hall–Kier alpha value is -1.31. The fraction of sp³-hybridized carbons (Fsp3) is 0.667. The van der Waals surface area contributed by atoms with Crippen molar-refractivity contribution >= 4 is 6.01 Å². The van der Waals surface area contributed by atoms with E-state index in [1.165, 1.54) is 7.11 Å². The van der Waals surface area contributed by atoms with Crippen molar-refractivity contribution in [3.05, 3.63) is 5.89 Å². The number of anilines is 1. The molecule has 1 aromatic rings. The number of halogens is 3. The van der Waals surface area contributed by atoms with Gasteiger partial charge in [-0.3, -0.25) is 0 Å². The summed E-state index contributed by atoms with van der Waals surface area (Å²) in [7, 11) is 1.47. The Kier molecular flexibility index (Phi) is 3.28. The molecule has 0 unspecified atom stereocenters. The molecule has 0 saturated heterocycles. The molecule has 0 aromatic carbocycles. The lowest BCUT2D eigenvalue weighted by molar-refractivity contribution is -0.156. The Morgan fingerprint density at radius 2 is 2.14 bits per heavy atom. The quantitative estimate of drug-likeness (QED) is 0.757. The van der Waals surface area contributed by atoms with Gasteiger partial charge in [-0.05, 0) is 0 Å². The molecule has 8 heteroatoms. The highest BCUT2D eigenvalue weighted by Gasteiger charge is 2.38. The summed E-state index contributed by atoms with van der Waals surface area (Å²) in [6, 6.07) is -0.269. The summed E-state index contributed by atoms with van der Waals surface area (Å²) >= 11 is 0. The van der Waals surface area contributed by atoms with Crippen LogP contribution in [0.15, 0.2) is 4.42 Å². The monoisotopic (exact) mass is 211 g/mol. The molecule has 0 atom stereocenters. The zero-order valence-corrected chi connectivity index (χ0v) is 7.26. The average molecular weight is 211 g/mol. The first-order valence-electron chi connectivity index (χ1n) is 3.67. The molecular weight excluding hydrogens is 203 g/mol. The highest BCUT2D eigenvalue weighted by atomic mass is 19.4. The van der Waals surface area contributed by atoms with Crippen molar-refractivity contribution in [1.82, 2.24) is 10.2 Å². The van der Waals surface area contributed by atoms with E-state index in [-0.39, 0.29) is 6.01 Å². The summed E-state index contributed by atoms with van der Waals surface area (Å²) < 4.78 is 44.8. The van der Waals surface area contributed by atoms with Crippen molar-refractivity contribution in [1.29, 1.82) is 0 Å². The Labute approximate surface area is 77.3 Å². The van der Waals surface area contributed by atoms with Gasteiger partial charge >= 0.3 is 18.1 Å². The number of ether oxygens (including phenoxy) is 1. The van der Waals surface area contributed by atoms with Crippen molar-refractivity contribution in [2.45, 2.75) is 6.18 Å². The van der Waals surface area contributed by atoms with Gasteiger partial charge in [-0.2, -0.15) is 13.2 Å². The maximum Gasteiger partial charge on any atom is 0.470 e. The molecule has 0 spiro atoms. The molecule has 0 radical (unpaired) electrons. The van der Waals surface area contributed by atoms with Crippen LogP contribution in [0.4, 0.5) is 19.2 Å². The normalized spacial score (nSPS) is 11.7. The van der Waals surface area contributed by atoms with Crippen LogP contribution in [0.5, 0.6) is 0 Å². The van der Waals surface area contributed by atoms with Crippen molar-refractivity contribution in [2.75, 3.05) is 25.6 Å². The number of methoxy groups -OCH3 is 1. The van der Waals surface area contributed by atoms with Crippen LogP contribution in [0.2, 0.25) is 0 Å². The molecule has 1 aromatic heterocycles. The highest BCUT2D eigenvalue weighted by Crippen LogP contribution is 2.28. The van der Waals surface area contributed by atoms with Crippen molar-refractivity contribution in [3.63, 3.8) is 0 Å². The molecule has 0 amide bonds. The minimum absolute atomic E-state index is 0.269. The summed E-state index contributed by atoms with van der Waals surface area (Å²) in [5.41, 5.74) is 0. The van der Waals surface area contributed by atoms with Gasteiger partial charge < -0.3 is 14.5 Å². The zero-order chi connectivity index (χ0) is 10.6. The van der Waals surface area contributed by atoms with Gasteiger partial charge in [0.05, 0.1) is 6.61 Å². The Morgan fingerprint density at radius 3 is 2.64 bits per heavy atom. The van der Waals surface area contributed by atoms with Crippen LogP contribution in [0, 0.1) is 0 Å². The lowest BCUT2D eigenvalue weighted by Gasteiger charge is -1.99. The van der Waals surface area contributed by atoms with E-state index in [1.54, 1.807) is 0 Å². The molecule has 14 heavy (non-hydrogen) atoms. The fourth-order valence-corrected chi connectivity index (χ4v) is 0.669. The van der Waals surface area contributed by atoms with Crippen LogP contribution < -0.4 is 5.32 Å². The molecule has 0 fully saturated rings. The number of hydrogen-bond acceptors (Lipinski definition) is 5. The zero-order valence-electron chi connectivity index (χ0n) is 7.26. The summed E-state index contributed by atoms with van der Waals surface area (Å²) in [4.78, 5) is 0. The molecule has 1 N–H and O–H groups in total. The molecule has 80 valence electrons. The number of nitrogens with zero attached hydrogens (tertiary/aromatic N) is 2. The van der Waals surface area contributed by atoms with Gasteiger partial charge in [0, 0.05) is 13.7 Å². The third kappa shape index (κ3) is 2.87. The molecule has 5 nitrogen and oxygen atoms in total. The summed E-state index contributed by atoms with van der Waals surface area (Å²) in [6.45, 7) is 0.639. The van der Waals surface area contributed by atoms with Crippen molar-refractivity contribution in [3.8, 4) is 0 Å². The van der Waals surface area contributed by atoms with Gasteiger partial charge in [0.1, 0.15) is 0 Å². The van der Waals surface area contributed by atoms with Crippen LogP contribution in [-0.2, 0) is 10.9 Å². The fourth-order valence-electron chi connectivity index (χ4n) is 0.669. The first kappa shape index (κ1) is 10.8. The van der Waals surface area contributed by atoms with Gasteiger partial charge in [-0.1, -0.05) is 5.10 Å². The van der Waals surface area contributed by atoms with Gasteiger partial charge in [0.15, 0.2) is 0 Å². The second-order valence-electron chi connectivity index (χ2n) is 2.33. The molecule has 1 heterocycles. The molecule has 0 aliphatic carbocycles. The molecule has 0 aliphatic rings. The van der Waals surface area contributed by atoms with Crippen molar-refractivity contribution < 1.29 is 22.3 Å². The van der Waals surface area contributed by atoms with Crippen molar-refractivity contribution in [2.24, 2.45) is 0 Å². The standard InChI is InChI=1S/C6H8F3N3O2/c1-13-3-2-10-5-12-11-4(14-5)6(7,8)9/h2-3H2,1H3,(H,10,12). The van der Waals surface area contributed by atoms with E-state index in [0.717, 1.165) is 0 Å². The second kappa shape index (κ2) is 4.27. The van der Waals surface area contributed by atoms with Gasteiger partial charge in [-0.15, -0.1) is 5.10 Å². The van der Waals surface area contributed by atoms with E-state index in [1.807, 2.05) is 0 Å². The third-order valence-electron chi connectivity index (χ3n) is 1.25. The average Bonchev–Trinajstić information content (AvgIpc) is 2.52. The van der Waals surface area contributed by atoms with E-state index in [2.05, 4.69) is 24.7 Å². The number of hydrogen-bond donors (Lipinski definition) is 1. The van der Waals surface area contributed by atoms with Crippen LogP contribution in [-0.4, -0.2) is 30.5 Å². The molecule has 0 aliphatic heterocycles. The lowest BCUT2D eigenvalue weighted by atomic mass is 10.7. The van der Waals surface area contributed by atoms with E-state index < -0.39 is 12.1 Å². The summed E-state index contributed by atoms with van der Waals surface area (Å²) in [5, 5.41) is 8.45. The number of nitrogens with one attached hydrogen (secondary N) is 1. The second-order valence-corrected chi connectivity index (χ2v) is 2.33. The first-order valence-corrected chi connectivity index (χ1v) is 3.67. The van der Waals surface area contributed by atoms with Crippen LogP contribution >= 0.6 is 0 Å². The van der Waals surface area contributed by atoms with E-state index in [9.17, 15) is 13.2 Å². The van der Waals surface area contributed by atoms with Gasteiger partial charge in [0.2, 0.25) is 0 Å². The summed E-state index contributed by atoms with van der Waals surface area (Å²) in [5.74, 6) is -1.36. The Morgan fingerprint density at radius 1 is 1.43 bits per heavy atom. The third-order valence-corrected chi connectivity index (χ3v) is 1.25. The minimum Gasteiger partial charge on any atom is -0.399 e. The molecule has 1 rings (SSSR count). The predicted octanol–water partition coefficient (Wildman–Crippen LogP) is 1.15. The van der Waals surface area contributed by atoms with Gasteiger partial charge in [-0.25, -0.2) is 0 Å². The highest BCUT2D eigenvalue weighted by molar-refractivity contribution is 5.16. The Bertz CT molecular complexity index is 286. The largest absolute Gasteiger partial charge is 0.470 e. The smallest absolute Gasteiger partial charge is 0.399 e. The van der Waals surface area contributed by atoms with Gasteiger partial charge in [0.25, 0.3) is 0 Å². The van der Waals surface area contributed by atoms with E-state index in [0.29, 0.717) is 13.2 Å². The first-order chi connectivity index (χ1) is 6.54. The Balaban J connectivity index is 2.51. The molecule has 0 bridgehead atoms. The number of rotatable bonds is 4. The minimum atomic E-state index is -4.60.